The van der Waals surface area contributed by atoms with Crippen LogP contribution < -0.4 is 0 Å². The quantitative estimate of drug-likeness (QED) is 0.433. The van der Waals surface area contributed by atoms with Crippen molar-refractivity contribution in [3.63, 3.8) is 0 Å². The molecule has 0 aliphatic heterocycles. The second-order valence-corrected chi connectivity index (χ2v) is 1.79. The van der Waals surface area contributed by atoms with Crippen molar-refractivity contribution in [3.8, 4) is 0 Å². The second kappa shape index (κ2) is 4.24. The van der Waals surface area contributed by atoms with Gasteiger partial charge in [-0.25, -0.2) is 0 Å². The van der Waals surface area contributed by atoms with E-state index < -0.39 is 11.8 Å². The Morgan fingerprint density at radius 1 is 1.60 bits per heavy atom. The molecular weight excluding hydrogens is 158 g/mol. The SMILES string of the molecule is CON(C(C)=O)C(=O)CCl. The maximum absolute atomic E-state index is 10.6. The standard InChI is InChI=1S/C5H8ClNO3/c1-4(8)7(10-2)5(9)3-6/h3H2,1-2H3. The number of alkyl halides is 1. The van der Waals surface area contributed by atoms with Gasteiger partial charge in [0.1, 0.15) is 5.88 Å². The molecule has 5 heteroatoms. The van der Waals surface area contributed by atoms with Gasteiger partial charge >= 0.3 is 0 Å². The summed E-state index contributed by atoms with van der Waals surface area (Å²) in [5.41, 5.74) is 0. The molecule has 0 atom stereocenters. The van der Waals surface area contributed by atoms with Gasteiger partial charge in [0.15, 0.2) is 0 Å². The summed E-state index contributed by atoms with van der Waals surface area (Å²) in [5.74, 6) is -1.29. The fraction of sp³-hybridized carbons (Fsp3) is 0.600. The predicted octanol–water partition coefficient (Wildman–Crippen LogP) is 0.162. The Labute approximate surface area is 63.7 Å². The maximum atomic E-state index is 10.6. The highest BCUT2D eigenvalue weighted by Gasteiger charge is 2.15. The minimum Gasteiger partial charge on any atom is -0.272 e. The van der Waals surface area contributed by atoms with E-state index in [-0.39, 0.29) is 5.88 Å². The highest BCUT2D eigenvalue weighted by molar-refractivity contribution is 6.28. The third-order valence-electron chi connectivity index (χ3n) is 0.809. The van der Waals surface area contributed by atoms with Crippen molar-refractivity contribution >= 4 is 23.4 Å². The van der Waals surface area contributed by atoms with Gasteiger partial charge in [0.2, 0.25) is 5.91 Å². The normalized spacial score (nSPS) is 9.10. The summed E-state index contributed by atoms with van der Waals surface area (Å²) in [5, 5.41) is 0.604. The Hall–Kier alpha value is -0.610. The number of rotatable bonds is 2. The van der Waals surface area contributed by atoms with Crippen LogP contribution in [0.25, 0.3) is 0 Å². The first-order valence-electron chi connectivity index (χ1n) is 2.57. The van der Waals surface area contributed by atoms with E-state index in [9.17, 15) is 9.59 Å². The lowest BCUT2D eigenvalue weighted by Gasteiger charge is -2.12. The van der Waals surface area contributed by atoms with Crippen molar-refractivity contribution in [2.75, 3.05) is 13.0 Å². The van der Waals surface area contributed by atoms with Crippen molar-refractivity contribution < 1.29 is 14.4 Å². The molecular formula is C5H8ClNO3. The summed E-state index contributed by atoms with van der Waals surface area (Å²) < 4.78 is 0. The van der Waals surface area contributed by atoms with Crippen LogP contribution in [0, 0.1) is 0 Å². The number of amides is 2. The topological polar surface area (TPSA) is 46.6 Å². The number of hydrogen-bond acceptors (Lipinski definition) is 3. The number of hydroxylamine groups is 2. The number of carbonyl (C=O) groups excluding carboxylic acids is 2. The van der Waals surface area contributed by atoms with Crippen molar-refractivity contribution in [2.24, 2.45) is 0 Å². The molecule has 2 amide bonds. The average molecular weight is 166 g/mol. The number of nitrogens with zero attached hydrogens (tertiary/aromatic N) is 1. The lowest BCUT2D eigenvalue weighted by molar-refractivity contribution is -0.183. The molecule has 0 spiro atoms. The number of hydrogen-bond donors (Lipinski definition) is 0. The lowest BCUT2D eigenvalue weighted by atomic mass is 10.6. The Kier molecular flexibility index (Phi) is 3.99. The monoisotopic (exact) mass is 165 g/mol. The van der Waals surface area contributed by atoms with Crippen LogP contribution >= 0.6 is 11.6 Å². The molecule has 0 bridgehead atoms. The average Bonchev–Trinajstić information content (AvgIpc) is 1.88. The van der Waals surface area contributed by atoms with E-state index in [1.807, 2.05) is 0 Å². The summed E-state index contributed by atoms with van der Waals surface area (Å²) in [6.07, 6.45) is 0. The number of carbonyl (C=O) groups is 2. The van der Waals surface area contributed by atoms with Crippen molar-refractivity contribution in [1.29, 1.82) is 0 Å². The minimum atomic E-state index is -0.559. The number of halogens is 1. The molecule has 0 N–H and O–H groups in total. The van der Waals surface area contributed by atoms with Gasteiger partial charge in [-0.1, -0.05) is 0 Å². The molecule has 0 unspecified atom stereocenters. The van der Waals surface area contributed by atoms with E-state index in [0.29, 0.717) is 5.06 Å². The van der Waals surface area contributed by atoms with Gasteiger partial charge in [-0.2, -0.15) is 5.06 Å². The molecule has 0 rings (SSSR count). The zero-order valence-corrected chi connectivity index (χ0v) is 6.51. The third-order valence-corrected chi connectivity index (χ3v) is 1.04. The summed E-state index contributed by atoms with van der Waals surface area (Å²) in [7, 11) is 1.23. The predicted molar refractivity (Wildman–Crippen MR) is 35.3 cm³/mol. The van der Waals surface area contributed by atoms with Crippen molar-refractivity contribution in [2.45, 2.75) is 6.92 Å². The first-order chi connectivity index (χ1) is 4.63. The van der Waals surface area contributed by atoms with Gasteiger partial charge in [-0.05, 0) is 0 Å². The van der Waals surface area contributed by atoms with Gasteiger partial charge in [0.05, 0.1) is 7.11 Å². The van der Waals surface area contributed by atoms with Crippen LogP contribution in [0.3, 0.4) is 0 Å². The summed E-state index contributed by atoms with van der Waals surface area (Å²) in [4.78, 5) is 25.5. The zero-order valence-electron chi connectivity index (χ0n) is 5.76. The van der Waals surface area contributed by atoms with E-state index in [1.54, 1.807) is 0 Å². The molecule has 0 saturated carbocycles. The van der Waals surface area contributed by atoms with Crippen LogP contribution in [0.4, 0.5) is 0 Å². The van der Waals surface area contributed by atoms with Gasteiger partial charge in [0, 0.05) is 6.92 Å². The van der Waals surface area contributed by atoms with E-state index >= 15 is 0 Å². The molecule has 0 aromatic rings. The Balaban J connectivity index is 4.06. The summed E-state index contributed by atoms with van der Waals surface area (Å²) >= 11 is 5.15. The Bertz CT molecular complexity index is 148. The molecule has 10 heavy (non-hydrogen) atoms. The van der Waals surface area contributed by atoms with Crippen LogP contribution in [-0.2, 0) is 14.4 Å². The highest BCUT2D eigenvalue weighted by atomic mass is 35.5. The molecule has 0 radical (unpaired) electrons. The van der Waals surface area contributed by atoms with Gasteiger partial charge < -0.3 is 0 Å². The highest BCUT2D eigenvalue weighted by Crippen LogP contribution is 1.92. The minimum absolute atomic E-state index is 0.257. The molecule has 0 aromatic heterocycles. The first-order valence-corrected chi connectivity index (χ1v) is 3.10. The van der Waals surface area contributed by atoms with E-state index in [2.05, 4.69) is 4.84 Å². The third kappa shape index (κ3) is 2.33. The van der Waals surface area contributed by atoms with Crippen LogP contribution in [-0.4, -0.2) is 29.9 Å². The van der Waals surface area contributed by atoms with Crippen molar-refractivity contribution in [3.05, 3.63) is 0 Å². The molecule has 58 valence electrons. The van der Waals surface area contributed by atoms with Crippen LogP contribution in [0.1, 0.15) is 6.92 Å². The van der Waals surface area contributed by atoms with Gasteiger partial charge in [0.25, 0.3) is 5.91 Å². The first kappa shape index (κ1) is 9.39. The molecule has 0 aromatic carbocycles. The van der Waals surface area contributed by atoms with Crippen molar-refractivity contribution in [1.82, 2.24) is 5.06 Å². The van der Waals surface area contributed by atoms with Gasteiger partial charge in [-0.15, -0.1) is 11.6 Å². The molecule has 4 nitrogen and oxygen atoms in total. The fourth-order valence-electron chi connectivity index (χ4n) is 0.460. The fourth-order valence-corrected chi connectivity index (χ4v) is 0.569. The largest absolute Gasteiger partial charge is 0.272 e. The van der Waals surface area contributed by atoms with E-state index in [4.69, 9.17) is 11.6 Å². The van der Waals surface area contributed by atoms with Crippen LogP contribution in [0.2, 0.25) is 0 Å². The molecule has 0 aliphatic carbocycles. The molecule has 0 aliphatic rings. The van der Waals surface area contributed by atoms with Crippen LogP contribution in [0.15, 0.2) is 0 Å². The smallest absolute Gasteiger partial charge is 0.268 e. The molecule has 0 heterocycles. The second-order valence-electron chi connectivity index (χ2n) is 1.52. The molecule has 0 fully saturated rings. The maximum Gasteiger partial charge on any atom is 0.268 e. The summed E-state index contributed by atoms with van der Waals surface area (Å²) in [6, 6.07) is 0. The van der Waals surface area contributed by atoms with E-state index in [0.717, 1.165) is 0 Å². The Morgan fingerprint density at radius 2 is 2.10 bits per heavy atom. The molecule has 0 saturated heterocycles. The van der Waals surface area contributed by atoms with Crippen LogP contribution in [0.5, 0.6) is 0 Å². The number of imide groups is 1. The van der Waals surface area contributed by atoms with Gasteiger partial charge in [-0.3, -0.25) is 14.4 Å². The lowest BCUT2D eigenvalue weighted by Crippen LogP contribution is -2.34. The zero-order chi connectivity index (χ0) is 8.15. The Morgan fingerprint density at radius 3 is 2.20 bits per heavy atom. The van der Waals surface area contributed by atoms with E-state index in [1.165, 1.54) is 14.0 Å². The summed E-state index contributed by atoms with van der Waals surface area (Å²) in [6.45, 7) is 1.22.